The lowest BCUT2D eigenvalue weighted by atomic mass is 10.2. The fraction of sp³-hybridized carbons (Fsp3) is 0.300. The molecule has 1 unspecified atom stereocenters. The summed E-state index contributed by atoms with van der Waals surface area (Å²) in [6.45, 7) is -0.186. The van der Waals surface area contributed by atoms with Crippen LogP contribution in [0.2, 0.25) is 0 Å². The number of anilines is 1. The van der Waals surface area contributed by atoms with Gasteiger partial charge in [0.2, 0.25) is 5.82 Å². The predicted molar refractivity (Wildman–Crippen MR) is 62.5 cm³/mol. The third-order valence-electron chi connectivity index (χ3n) is 2.14. The minimum absolute atomic E-state index is 0.0101. The highest BCUT2D eigenvalue weighted by atomic mass is 16.6. The molecule has 0 aliphatic rings. The number of methoxy groups -OCH3 is 1. The molecule has 9 heteroatoms. The maximum absolute atomic E-state index is 10.9. The molecule has 2 N–H and O–H groups in total. The summed E-state index contributed by atoms with van der Waals surface area (Å²) in [5.74, 6) is -1.46. The van der Waals surface area contributed by atoms with Crippen molar-refractivity contribution < 1.29 is 19.6 Å². The number of hydrogen-bond donors (Lipinski definition) is 2. The van der Waals surface area contributed by atoms with E-state index >= 15 is 0 Å². The van der Waals surface area contributed by atoms with Crippen LogP contribution in [0.3, 0.4) is 0 Å². The second-order valence-corrected chi connectivity index (χ2v) is 3.45. The Morgan fingerprint density at radius 1 is 1.79 bits per heavy atom. The Labute approximate surface area is 107 Å². The topological polar surface area (TPSA) is 138 Å². The van der Waals surface area contributed by atoms with E-state index in [2.05, 4.69) is 15.0 Å². The first-order valence-corrected chi connectivity index (χ1v) is 5.02. The van der Waals surface area contributed by atoms with Gasteiger partial charge in [-0.1, -0.05) is 0 Å². The molecule has 9 nitrogen and oxygen atoms in total. The third kappa shape index (κ3) is 3.62. The molecule has 1 aromatic heterocycles. The van der Waals surface area contributed by atoms with Gasteiger partial charge in [-0.2, -0.15) is 5.26 Å². The number of nitro groups is 1. The molecule has 1 atom stereocenters. The van der Waals surface area contributed by atoms with Crippen molar-refractivity contribution in [3.05, 3.63) is 27.9 Å². The Morgan fingerprint density at radius 3 is 2.95 bits per heavy atom. The zero-order valence-electron chi connectivity index (χ0n) is 9.86. The molecule has 1 heterocycles. The van der Waals surface area contributed by atoms with Gasteiger partial charge in [0.1, 0.15) is 12.1 Å². The van der Waals surface area contributed by atoms with Gasteiger partial charge in [0.15, 0.2) is 0 Å². The molecule has 0 aliphatic carbocycles. The zero-order valence-corrected chi connectivity index (χ0v) is 9.86. The number of ether oxygens (including phenoxy) is 1. The molecular weight excluding hydrogens is 256 g/mol. The number of nitrogens with one attached hydrogen (secondary N) is 1. The highest BCUT2D eigenvalue weighted by molar-refractivity contribution is 5.78. The first kappa shape index (κ1) is 14.3. The summed E-state index contributed by atoms with van der Waals surface area (Å²) >= 11 is 0. The molecular formula is C10H10N4O5. The molecule has 0 bridgehead atoms. The van der Waals surface area contributed by atoms with Crippen LogP contribution >= 0.6 is 0 Å². The molecule has 0 aromatic carbocycles. The lowest BCUT2D eigenvalue weighted by Gasteiger charge is -2.13. The van der Waals surface area contributed by atoms with Crippen LogP contribution in [0.5, 0.6) is 0 Å². The summed E-state index contributed by atoms with van der Waals surface area (Å²) in [5.41, 5.74) is -0.461. The van der Waals surface area contributed by atoms with E-state index < -0.39 is 22.6 Å². The first-order chi connectivity index (χ1) is 8.99. The highest BCUT2D eigenvalue weighted by Gasteiger charge is 2.23. The van der Waals surface area contributed by atoms with Gasteiger partial charge in [-0.3, -0.25) is 10.1 Å². The molecule has 0 aliphatic heterocycles. The zero-order chi connectivity index (χ0) is 14.4. The Balaban J connectivity index is 3.09. The van der Waals surface area contributed by atoms with Crippen molar-refractivity contribution in [2.24, 2.45) is 0 Å². The monoisotopic (exact) mass is 266 g/mol. The minimum Gasteiger partial charge on any atom is -0.480 e. The van der Waals surface area contributed by atoms with Crippen LogP contribution in [-0.2, 0) is 9.53 Å². The number of aliphatic carboxylic acids is 1. The fourth-order valence-corrected chi connectivity index (χ4v) is 1.27. The van der Waals surface area contributed by atoms with Gasteiger partial charge in [0, 0.05) is 19.4 Å². The molecule has 0 fully saturated rings. The summed E-state index contributed by atoms with van der Waals surface area (Å²) in [6, 6.07) is 1.55. The Bertz CT molecular complexity index is 539. The van der Waals surface area contributed by atoms with Crippen LogP contribution in [0, 0.1) is 21.4 Å². The van der Waals surface area contributed by atoms with Crippen LogP contribution in [-0.4, -0.2) is 40.7 Å². The molecule has 1 rings (SSSR count). The SMILES string of the molecule is COCC(Nc1ncc(C#N)cc1[N+](=O)[O-])C(=O)O. The molecule has 19 heavy (non-hydrogen) atoms. The number of aromatic nitrogens is 1. The summed E-state index contributed by atoms with van der Waals surface area (Å²) in [4.78, 5) is 24.7. The molecule has 1 aromatic rings. The molecule has 0 radical (unpaired) electrons. The normalized spacial score (nSPS) is 11.4. The van der Waals surface area contributed by atoms with Crippen molar-refractivity contribution in [3.8, 4) is 6.07 Å². The van der Waals surface area contributed by atoms with Gasteiger partial charge in [-0.25, -0.2) is 9.78 Å². The van der Waals surface area contributed by atoms with Gasteiger partial charge >= 0.3 is 11.7 Å². The third-order valence-corrected chi connectivity index (χ3v) is 2.14. The maximum Gasteiger partial charge on any atom is 0.328 e. The maximum atomic E-state index is 10.9. The molecule has 0 saturated carbocycles. The van der Waals surface area contributed by atoms with Crippen molar-refractivity contribution in [3.63, 3.8) is 0 Å². The van der Waals surface area contributed by atoms with Crippen molar-refractivity contribution in [1.29, 1.82) is 5.26 Å². The number of carboxylic acids is 1. The molecule has 0 amide bonds. The Kier molecular flexibility index (Phi) is 4.73. The average molecular weight is 266 g/mol. The lowest BCUT2D eigenvalue weighted by molar-refractivity contribution is -0.384. The molecule has 100 valence electrons. The van der Waals surface area contributed by atoms with E-state index in [1.54, 1.807) is 6.07 Å². The second kappa shape index (κ2) is 6.27. The molecule has 0 saturated heterocycles. The lowest BCUT2D eigenvalue weighted by Crippen LogP contribution is -2.34. The van der Waals surface area contributed by atoms with E-state index in [0.717, 1.165) is 12.3 Å². The fourth-order valence-electron chi connectivity index (χ4n) is 1.27. The first-order valence-electron chi connectivity index (χ1n) is 5.02. The van der Waals surface area contributed by atoms with Gasteiger partial charge in [0.25, 0.3) is 0 Å². The number of nitrogens with zero attached hydrogens (tertiary/aromatic N) is 3. The van der Waals surface area contributed by atoms with Crippen molar-refractivity contribution in [2.75, 3.05) is 19.0 Å². The Morgan fingerprint density at radius 2 is 2.47 bits per heavy atom. The number of pyridine rings is 1. The standard InChI is InChI=1S/C10H10N4O5/c1-19-5-7(10(15)16)13-9-8(14(17)18)2-6(3-11)4-12-9/h2,4,7H,5H2,1H3,(H,12,13)(H,15,16). The average Bonchev–Trinajstić information content (AvgIpc) is 2.38. The van der Waals surface area contributed by atoms with Crippen molar-refractivity contribution in [1.82, 2.24) is 4.98 Å². The number of nitriles is 1. The summed E-state index contributed by atoms with van der Waals surface area (Å²) in [5, 5.41) is 30.8. The number of carboxylic acid groups (broad SMARTS) is 1. The second-order valence-electron chi connectivity index (χ2n) is 3.45. The summed E-state index contributed by atoms with van der Waals surface area (Å²) in [6.07, 6.45) is 1.11. The van der Waals surface area contributed by atoms with Crippen LogP contribution < -0.4 is 5.32 Å². The minimum atomic E-state index is -1.23. The summed E-state index contributed by atoms with van der Waals surface area (Å²) < 4.78 is 4.69. The van der Waals surface area contributed by atoms with Crippen LogP contribution in [0.4, 0.5) is 11.5 Å². The predicted octanol–water partition coefficient (Wildman–Crippen LogP) is 0.373. The van der Waals surface area contributed by atoms with Gasteiger partial charge in [0.05, 0.1) is 17.1 Å². The number of carbonyl (C=O) groups is 1. The summed E-state index contributed by atoms with van der Waals surface area (Å²) in [7, 11) is 1.30. The van der Waals surface area contributed by atoms with Crippen LogP contribution in [0.25, 0.3) is 0 Å². The van der Waals surface area contributed by atoms with E-state index in [-0.39, 0.29) is 18.0 Å². The van der Waals surface area contributed by atoms with Crippen LogP contribution in [0.15, 0.2) is 12.3 Å². The largest absolute Gasteiger partial charge is 0.480 e. The molecule has 0 spiro atoms. The van der Waals surface area contributed by atoms with Gasteiger partial charge in [-0.05, 0) is 0 Å². The van der Waals surface area contributed by atoms with Gasteiger partial charge < -0.3 is 15.2 Å². The van der Waals surface area contributed by atoms with E-state index in [4.69, 9.17) is 10.4 Å². The smallest absolute Gasteiger partial charge is 0.328 e. The number of hydrogen-bond acceptors (Lipinski definition) is 7. The quantitative estimate of drug-likeness (QED) is 0.556. The van der Waals surface area contributed by atoms with E-state index in [9.17, 15) is 14.9 Å². The number of rotatable bonds is 6. The van der Waals surface area contributed by atoms with Gasteiger partial charge in [-0.15, -0.1) is 0 Å². The van der Waals surface area contributed by atoms with E-state index in [1.165, 1.54) is 7.11 Å². The van der Waals surface area contributed by atoms with E-state index in [1.807, 2.05) is 0 Å². The van der Waals surface area contributed by atoms with E-state index in [0.29, 0.717) is 0 Å². The highest BCUT2D eigenvalue weighted by Crippen LogP contribution is 2.23. The van der Waals surface area contributed by atoms with Crippen LogP contribution in [0.1, 0.15) is 5.56 Å². The Hall–Kier alpha value is -2.73. The van der Waals surface area contributed by atoms with Crippen molar-refractivity contribution >= 4 is 17.5 Å². The van der Waals surface area contributed by atoms with Crippen molar-refractivity contribution in [2.45, 2.75) is 6.04 Å².